The molecular weight excluding hydrogens is 1250 g/mol. The summed E-state index contributed by atoms with van der Waals surface area (Å²) in [5.41, 5.74) is 0. The number of carboxylic acids is 6. The molecule has 12 N–H and O–H groups in total. The molecule has 2 aliphatic rings. The van der Waals surface area contributed by atoms with Crippen molar-refractivity contribution in [3.05, 3.63) is 0 Å². The molecule has 2 saturated heterocycles. The Hall–Kier alpha value is -4.14. The molecule has 0 aromatic carbocycles. The average molecular weight is 1370 g/mol. The lowest BCUT2D eigenvalue weighted by atomic mass is 10.1. The summed E-state index contributed by atoms with van der Waals surface area (Å²) >= 11 is 0. The zero-order valence-electron chi connectivity index (χ0n) is 54.8. The number of β-amino-alcohol motifs (C(OH)–C–C–N with tert-alkyl or cyclic N) is 2. The Bertz CT molecular complexity index is 1760. The van der Waals surface area contributed by atoms with Crippen molar-refractivity contribution in [1.82, 2.24) is 49.0 Å². The predicted octanol–water partition coefficient (Wildman–Crippen LogP) is -7.90. The van der Waals surface area contributed by atoms with Gasteiger partial charge < -0.3 is 99.2 Å². The summed E-state index contributed by atoms with van der Waals surface area (Å²) in [7, 11) is 0. The standard InChI is InChI=1S/C58H112N10O26/c69-19-23-87-27-31-91-45-49(46-92-32-28-88-24-20-70)67(37-51(73)35-59-1-5-61(39-53(75)76)9-13-65(43-57(83)84)14-10-62(6-2-59)40-54(77)78)17-18-68(50(47-93-33-29-89-25-21-71)48-94-34-30-90-26-22-72)38-52(74)36-60-3-7-63(41-55(79)80)11-15-66(44-58(85)86)16-12-64(8-4-60)42-56(81)82/h49-52,69-74H,1-48H2,(H,75,76)(H,77,78)(H,79,80)(H,81,82)(H,83,84)(H,85,86). The van der Waals surface area contributed by atoms with Crippen LogP contribution in [0.2, 0.25) is 0 Å². The summed E-state index contributed by atoms with van der Waals surface area (Å²) in [6.07, 6.45) is -2.31. The van der Waals surface area contributed by atoms with Gasteiger partial charge in [0, 0.05) is 144 Å². The fourth-order valence-electron chi connectivity index (χ4n) is 10.5. The Labute approximate surface area is 551 Å². The molecule has 0 spiro atoms. The van der Waals surface area contributed by atoms with Crippen LogP contribution >= 0.6 is 0 Å². The molecule has 2 heterocycles. The van der Waals surface area contributed by atoms with Crippen LogP contribution in [0.25, 0.3) is 0 Å². The van der Waals surface area contributed by atoms with E-state index in [2.05, 4.69) is 0 Å². The Morgan fingerprint density at radius 1 is 0.287 bits per heavy atom. The van der Waals surface area contributed by atoms with Gasteiger partial charge in [0.2, 0.25) is 0 Å². The van der Waals surface area contributed by atoms with Crippen molar-refractivity contribution in [1.29, 1.82) is 0 Å². The first-order valence-electron chi connectivity index (χ1n) is 32.2. The fourth-order valence-corrected chi connectivity index (χ4v) is 10.5. The molecule has 2 unspecified atom stereocenters. The van der Waals surface area contributed by atoms with Crippen LogP contribution in [0.4, 0.5) is 0 Å². The van der Waals surface area contributed by atoms with Crippen molar-refractivity contribution in [2.45, 2.75) is 24.3 Å². The minimum Gasteiger partial charge on any atom is -0.480 e. The van der Waals surface area contributed by atoms with Crippen molar-refractivity contribution in [3.8, 4) is 0 Å². The zero-order chi connectivity index (χ0) is 69.1. The summed E-state index contributed by atoms with van der Waals surface area (Å²) in [5.74, 6) is -6.57. The molecule has 0 aromatic rings. The molecule has 36 heteroatoms. The lowest BCUT2D eigenvalue weighted by molar-refractivity contribution is -0.140. The minimum absolute atomic E-state index is 0.00947. The second-order valence-corrected chi connectivity index (χ2v) is 22.9. The van der Waals surface area contributed by atoms with Gasteiger partial charge in [-0.2, -0.15) is 0 Å². The summed E-state index contributed by atoms with van der Waals surface area (Å²) in [6.45, 7) is 1.82. The number of aliphatic hydroxyl groups excluding tert-OH is 6. The SMILES string of the molecule is O=C(O)CN1CCN(CC(=O)O)CCN(CC(O)CN(CCN(CC(O)CN2CCN(CC(=O)O)CCN(CC(=O)O)CCN(CC(=O)O)CC2)C(COCCOCCO)COCCOCCO)C(COCCOCCO)COCCOCCO)CCN(CC(=O)O)CC1. The maximum atomic E-state index is 12.4. The van der Waals surface area contributed by atoms with Crippen molar-refractivity contribution < 1.29 is 128 Å². The maximum Gasteiger partial charge on any atom is 0.317 e. The first-order valence-corrected chi connectivity index (χ1v) is 32.2. The number of carboxylic acid groups (broad SMARTS) is 6. The number of rotatable bonds is 53. The summed E-state index contributed by atoms with van der Waals surface area (Å²) in [4.78, 5) is 89.8. The average Bonchev–Trinajstić information content (AvgIpc) is 1.40. The first-order chi connectivity index (χ1) is 45.2. The van der Waals surface area contributed by atoms with E-state index in [0.717, 1.165) is 0 Å². The molecule has 0 amide bonds. The molecule has 0 radical (unpaired) electrons. The molecular formula is C58H112N10O26. The number of hydrogen-bond acceptors (Lipinski definition) is 30. The highest BCUT2D eigenvalue weighted by atomic mass is 16.6. The van der Waals surface area contributed by atoms with E-state index in [-0.39, 0.29) is 315 Å². The van der Waals surface area contributed by atoms with E-state index in [9.17, 15) is 90.0 Å². The number of nitrogens with zero attached hydrogens (tertiary/aromatic N) is 10. The topological polar surface area (TPSA) is 451 Å². The molecule has 550 valence electrons. The molecule has 2 fully saturated rings. The van der Waals surface area contributed by atoms with Gasteiger partial charge in [-0.05, 0) is 0 Å². The van der Waals surface area contributed by atoms with Crippen LogP contribution in [-0.2, 0) is 66.7 Å². The van der Waals surface area contributed by atoms with E-state index >= 15 is 0 Å². The van der Waals surface area contributed by atoms with Crippen molar-refractivity contribution in [2.75, 3.05) is 315 Å². The molecule has 36 nitrogen and oxygen atoms in total. The van der Waals surface area contributed by atoms with E-state index in [1.165, 1.54) is 0 Å². The van der Waals surface area contributed by atoms with Gasteiger partial charge in [-0.1, -0.05) is 0 Å². The van der Waals surface area contributed by atoms with Crippen LogP contribution in [0, 0.1) is 0 Å². The van der Waals surface area contributed by atoms with Gasteiger partial charge in [0.25, 0.3) is 0 Å². The second-order valence-electron chi connectivity index (χ2n) is 22.9. The quantitative estimate of drug-likeness (QED) is 0.0252. The van der Waals surface area contributed by atoms with Crippen LogP contribution < -0.4 is 0 Å². The van der Waals surface area contributed by atoms with Gasteiger partial charge in [-0.25, -0.2) is 0 Å². The molecule has 0 saturated carbocycles. The molecule has 94 heavy (non-hydrogen) atoms. The molecule has 2 rings (SSSR count). The van der Waals surface area contributed by atoms with Crippen LogP contribution in [0.15, 0.2) is 0 Å². The predicted molar refractivity (Wildman–Crippen MR) is 335 cm³/mol. The van der Waals surface area contributed by atoms with Gasteiger partial charge in [-0.15, -0.1) is 0 Å². The zero-order valence-corrected chi connectivity index (χ0v) is 54.8. The van der Waals surface area contributed by atoms with E-state index in [1.807, 2.05) is 19.6 Å². The minimum atomic E-state index is -1.15. The monoisotopic (exact) mass is 1360 g/mol. The number of carbonyl (C=O) groups is 6. The van der Waals surface area contributed by atoms with Crippen molar-refractivity contribution in [3.63, 3.8) is 0 Å². The van der Waals surface area contributed by atoms with Crippen LogP contribution in [0.1, 0.15) is 0 Å². The summed E-state index contributed by atoms with van der Waals surface area (Å²) in [6, 6.07) is -1.23. The molecule has 0 aromatic heterocycles. The highest BCUT2D eigenvalue weighted by molar-refractivity contribution is 5.71. The Kier molecular flexibility index (Phi) is 50.1. The normalized spacial score (nSPS) is 17.7. The molecule has 2 atom stereocenters. The number of aliphatic carboxylic acids is 6. The lowest BCUT2D eigenvalue weighted by Crippen LogP contribution is -2.55. The highest BCUT2D eigenvalue weighted by Gasteiger charge is 2.30. The Morgan fingerprint density at radius 2 is 0.468 bits per heavy atom. The number of hydrogen-bond donors (Lipinski definition) is 12. The van der Waals surface area contributed by atoms with Crippen molar-refractivity contribution >= 4 is 35.8 Å². The summed E-state index contributed by atoms with van der Waals surface area (Å²) in [5, 5.41) is 121. The van der Waals surface area contributed by atoms with E-state index in [0.29, 0.717) is 0 Å². The first kappa shape index (κ1) is 85.9. The smallest absolute Gasteiger partial charge is 0.317 e. The third kappa shape index (κ3) is 45.4. The number of aliphatic hydroxyl groups is 6. The van der Waals surface area contributed by atoms with Gasteiger partial charge in [-0.3, -0.25) is 77.8 Å². The molecule has 0 bridgehead atoms. The highest BCUT2D eigenvalue weighted by Crippen LogP contribution is 2.13. The molecule has 2 aliphatic heterocycles. The summed E-state index contributed by atoms with van der Waals surface area (Å²) < 4.78 is 46.6. The van der Waals surface area contributed by atoms with Crippen LogP contribution in [0.3, 0.4) is 0 Å². The fraction of sp³-hybridized carbons (Fsp3) is 0.897. The lowest BCUT2D eigenvalue weighted by Gasteiger charge is -2.39. The molecule has 0 aliphatic carbocycles. The Balaban J connectivity index is 2.77. The number of ether oxygens (including phenoxy) is 8. The van der Waals surface area contributed by atoms with Gasteiger partial charge >= 0.3 is 35.8 Å². The Morgan fingerprint density at radius 3 is 0.649 bits per heavy atom. The van der Waals surface area contributed by atoms with E-state index in [1.54, 1.807) is 29.4 Å². The van der Waals surface area contributed by atoms with Crippen LogP contribution in [-0.4, -0.2) is 486 Å². The third-order valence-electron chi connectivity index (χ3n) is 15.2. The maximum absolute atomic E-state index is 12.4. The third-order valence-corrected chi connectivity index (χ3v) is 15.2. The van der Waals surface area contributed by atoms with Gasteiger partial charge in [0.1, 0.15) is 0 Å². The van der Waals surface area contributed by atoms with Crippen molar-refractivity contribution in [2.24, 2.45) is 0 Å². The van der Waals surface area contributed by atoms with E-state index in [4.69, 9.17) is 37.9 Å². The van der Waals surface area contributed by atoms with Gasteiger partial charge in [0.05, 0.1) is 196 Å². The van der Waals surface area contributed by atoms with Crippen LogP contribution in [0.5, 0.6) is 0 Å². The van der Waals surface area contributed by atoms with E-state index < -0.39 is 60.1 Å². The largest absolute Gasteiger partial charge is 0.480 e. The second kappa shape index (κ2) is 54.8. The van der Waals surface area contributed by atoms with Gasteiger partial charge in [0.15, 0.2) is 0 Å².